The molecule has 1 fully saturated rings. The van der Waals surface area contributed by atoms with E-state index < -0.39 is 0 Å². The number of nitrogens with zero attached hydrogens (tertiary/aromatic N) is 1. The molecule has 2 amide bonds. The quantitative estimate of drug-likeness (QED) is 0.849. The lowest BCUT2D eigenvalue weighted by Gasteiger charge is -2.36. The Balaban J connectivity index is 1.26. The van der Waals surface area contributed by atoms with Crippen LogP contribution in [0.5, 0.6) is 5.75 Å². The Kier molecular flexibility index (Phi) is 5.81. The van der Waals surface area contributed by atoms with Gasteiger partial charge < -0.3 is 20.3 Å². The van der Waals surface area contributed by atoms with Gasteiger partial charge in [0.2, 0.25) is 0 Å². The normalized spacial score (nSPS) is 19.8. The van der Waals surface area contributed by atoms with E-state index in [2.05, 4.69) is 28.8 Å². The molecule has 1 aliphatic carbocycles. The first-order chi connectivity index (χ1) is 13.7. The molecule has 0 aromatic heterocycles. The SMILES string of the molecule is COc1ccc2c(c1)CC(NC1CCN(C(=O)Nc3ccccc3)CC1)CC2. The van der Waals surface area contributed by atoms with Crippen molar-refractivity contribution in [2.45, 2.75) is 44.2 Å². The van der Waals surface area contributed by atoms with Gasteiger partial charge in [0.05, 0.1) is 7.11 Å². The number of benzene rings is 2. The van der Waals surface area contributed by atoms with Crippen LogP contribution in [0.3, 0.4) is 0 Å². The number of carbonyl (C=O) groups is 1. The second-order valence-electron chi connectivity index (χ2n) is 7.80. The third kappa shape index (κ3) is 4.47. The van der Waals surface area contributed by atoms with Gasteiger partial charge in [-0.05, 0) is 67.5 Å². The van der Waals surface area contributed by atoms with Crippen molar-refractivity contribution in [1.82, 2.24) is 10.2 Å². The van der Waals surface area contributed by atoms with E-state index in [4.69, 9.17) is 4.74 Å². The largest absolute Gasteiger partial charge is 0.497 e. The zero-order chi connectivity index (χ0) is 19.3. The number of rotatable bonds is 4. The molecule has 0 spiro atoms. The Bertz CT molecular complexity index is 801. The number of anilines is 1. The van der Waals surface area contributed by atoms with Gasteiger partial charge in [-0.3, -0.25) is 0 Å². The highest BCUT2D eigenvalue weighted by Crippen LogP contribution is 2.26. The predicted octanol–water partition coefficient (Wildman–Crippen LogP) is 3.84. The molecule has 2 N–H and O–H groups in total. The molecule has 28 heavy (non-hydrogen) atoms. The van der Waals surface area contributed by atoms with Crippen LogP contribution in [-0.4, -0.2) is 43.2 Å². The van der Waals surface area contributed by atoms with Gasteiger partial charge in [0.15, 0.2) is 0 Å². The van der Waals surface area contributed by atoms with Crippen molar-refractivity contribution in [2.24, 2.45) is 0 Å². The number of hydrogen-bond acceptors (Lipinski definition) is 3. The summed E-state index contributed by atoms with van der Waals surface area (Å²) in [6.45, 7) is 1.60. The molecule has 1 aliphatic heterocycles. The van der Waals surface area contributed by atoms with Gasteiger partial charge in [-0.1, -0.05) is 24.3 Å². The number of para-hydroxylation sites is 1. The number of likely N-dealkylation sites (tertiary alicyclic amines) is 1. The van der Waals surface area contributed by atoms with Crippen LogP contribution in [0.4, 0.5) is 10.5 Å². The van der Waals surface area contributed by atoms with E-state index >= 15 is 0 Å². The average Bonchev–Trinajstić information content (AvgIpc) is 2.74. The van der Waals surface area contributed by atoms with Crippen LogP contribution in [0, 0.1) is 0 Å². The van der Waals surface area contributed by atoms with Crippen molar-refractivity contribution in [1.29, 1.82) is 0 Å². The van der Waals surface area contributed by atoms with Crippen LogP contribution in [0.25, 0.3) is 0 Å². The fraction of sp³-hybridized carbons (Fsp3) is 0.435. The van der Waals surface area contributed by atoms with Crippen LogP contribution < -0.4 is 15.4 Å². The van der Waals surface area contributed by atoms with Crippen molar-refractivity contribution < 1.29 is 9.53 Å². The number of aryl methyl sites for hydroxylation is 1. The molecule has 2 aromatic carbocycles. The highest BCUT2D eigenvalue weighted by molar-refractivity contribution is 5.89. The number of piperidine rings is 1. The molecule has 0 saturated carbocycles. The molecule has 2 aliphatic rings. The minimum Gasteiger partial charge on any atom is -0.497 e. The van der Waals surface area contributed by atoms with Crippen LogP contribution in [0.1, 0.15) is 30.4 Å². The Morgan fingerprint density at radius 1 is 1.00 bits per heavy atom. The predicted molar refractivity (Wildman–Crippen MR) is 112 cm³/mol. The van der Waals surface area contributed by atoms with Crippen LogP contribution in [-0.2, 0) is 12.8 Å². The third-order valence-corrected chi connectivity index (χ3v) is 5.92. The minimum absolute atomic E-state index is 0.00309. The first-order valence-electron chi connectivity index (χ1n) is 10.2. The maximum Gasteiger partial charge on any atom is 0.321 e. The standard InChI is InChI=1S/C23H29N3O2/c1-28-22-10-8-17-7-9-21(15-18(17)16-22)24-20-11-13-26(14-12-20)23(27)25-19-5-3-2-4-6-19/h2-6,8,10,16,20-21,24H,7,9,11-15H2,1H3,(H,25,27). The Morgan fingerprint density at radius 2 is 1.79 bits per heavy atom. The summed E-state index contributed by atoms with van der Waals surface area (Å²) >= 11 is 0. The van der Waals surface area contributed by atoms with E-state index in [9.17, 15) is 4.79 Å². The van der Waals surface area contributed by atoms with Gasteiger partial charge in [-0.15, -0.1) is 0 Å². The molecule has 1 atom stereocenters. The second kappa shape index (κ2) is 8.65. The monoisotopic (exact) mass is 379 g/mol. The minimum atomic E-state index is 0.00309. The summed E-state index contributed by atoms with van der Waals surface area (Å²) in [5.74, 6) is 0.942. The zero-order valence-electron chi connectivity index (χ0n) is 16.5. The lowest BCUT2D eigenvalue weighted by molar-refractivity contribution is 0.185. The number of fused-ring (bicyclic) bond motifs is 1. The van der Waals surface area contributed by atoms with Gasteiger partial charge in [0.1, 0.15) is 5.75 Å². The molecule has 4 rings (SSSR count). The first-order valence-corrected chi connectivity index (χ1v) is 10.2. The van der Waals surface area contributed by atoms with Crippen molar-refractivity contribution in [3.8, 4) is 5.75 Å². The summed E-state index contributed by atoms with van der Waals surface area (Å²) in [7, 11) is 1.72. The number of nitrogens with one attached hydrogen (secondary N) is 2. The summed E-state index contributed by atoms with van der Waals surface area (Å²) < 4.78 is 5.38. The van der Waals surface area contributed by atoms with Crippen molar-refractivity contribution in [3.05, 3.63) is 59.7 Å². The number of hydrogen-bond donors (Lipinski definition) is 2. The molecule has 1 saturated heterocycles. The van der Waals surface area contributed by atoms with Crippen LogP contribution in [0.15, 0.2) is 48.5 Å². The van der Waals surface area contributed by atoms with E-state index in [1.54, 1.807) is 7.11 Å². The maximum absolute atomic E-state index is 12.4. The Hall–Kier alpha value is -2.53. The topological polar surface area (TPSA) is 53.6 Å². The van der Waals surface area contributed by atoms with Crippen LogP contribution in [0.2, 0.25) is 0 Å². The third-order valence-electron chi connectivity index (χ3n) is 5.92. The van der Waals surface area contributed by atoms with Gasteiger partial charge in [-0.25, -0.2) is 4.79 Å². The summed E-state index contributed by atoms with van der Waals surface area (Å²) in [6, 6.07) is 17.1. The van der Waals surface area contributed by atoms with E-state index in [-0.39, 0.29) is 6.03 Å². The van der Waals surface area contributed by atoms with Crippen LogP contribution >= 0.6 is 0 Å². The van der Waals surface area contributed by atoms with Gasteiger partial charge in [0, 0.05) is 30.9 Å². The number of urea groups is 1. The number of amides is 2. The molecule has 5 heteroatoms. The molecular weight excluding hydrogens is 350 g/mol. The molecule has 0 bridgehead atoms. The number of ether oxygens (including phenoxy) is 1. The lowest BCUT2D eigenvalue weighted by atomic mass is 9.87. The zero-order valence-corrected chi connectivity index (χ0v) is 16.5. The highest BCUT2D eigenvalue weighted by Gasteiger charge is 2.26. The van der Waals surface area contributed by atoms with Gasteiger partial charge in [0.25, 0.3) is 0 Å². The summed E-state index contributed by atoms with van der Waals surface area (Å²) in [4.78, 5) is 14.4. The smallest absolute Gasteiger partial charge is 0.321 e. The van der Waals surface area contributed by atoms with E-state index in [0.717, 1.165) is 50.2 Å². The maximum atomic E-state index is 12.4. The van der Waals surface area contributed by atoms with E-state index in [1.165, 1.54) is 17.5 Å². The molecular formula is C23H29N3O2. The van der Waals surface area contributed by atoms with Crippen molar-refractivity contribution >= 4 is 11.7 Å². The van der Waals surface area contributed by atoms with Gasteiger partial charge >= 0.3 is 6.03 Å². The molecule has 148 valence electrons. The fourth-order valence-electron chi connectivity index (χ4n) is 4.31. The van der Waals surface area contributed by atoms with E-state index in [1.807, 2.05) is 35.2 Å². The Labute approximate surface area is 167 Å². The second-order valence-corrected chi connectivity index (χ2v) is 7.80. The molecule has 0 radical (unpaired) electrons. The number of carbonyl (C=O) groups excluding carboxylic acids is 1. The first kappa shape index (κ1) is 18.8. The lowest BCUT2D eigenvalue weighted by Crippen LogP contribution is -2.49. The Morgan fingerprint density at radius 3 is 2.54 bits per heavy atom. The van der Waals surface area contributed by atoms with E-state index in [0.29, 0.717) is 12.1 Å². The molecule has 1 unspecified atom stereocenters. The fourth-order valence-corrected chi connectivity index (χ4v) is 4.31. The summed E-state index contributed by atoms with van der Waals surface area (Å²) in [5, 5.41) is 6.83. The number of methoxy groups -OCH3 is 1. The summed E-state index contributed by atoms with van der Waals surface area (Å²) in [5.41, 5.74) is 3.71. The average molecular weight is 380 g/mol. The van der Waals surface area contributed by atoms with Gasteiger partial charge in [-0.2, -0.15) is 0 Å². The van der Waals surface area contributed by atoms with Crippen molar-refractivity contribution in [2.75, 3.05) is 25.5 Å². The molecule has 1 heterocycles. The van der Waals surface area contributed by atoms with Crippen molar-refractivity contribution in [3.63, 3.8) is 0 Å². The summed E-state index contributed by atoms with van der Waals surface area (Å²) in [6.07, 6.45) is 5.36. The highest BCUT2D eigenvalue weighted by atomic mass is 16.5. The molecule has 5 nitrogen and oxygen atoms in total. The molecule has 2 aromatic rings.